The maximum atomic E-state index is 13.0. The van der Waals surface area contributed by atoms with Crippen LogP contribution in [0.1, 0.15) is 19.8 Å². The number of rotatable bonds is 8. The van der Waals surface area contributed by atoms with Gasteiger partial charge in [-0.1, -0.05) is 0 Å². The first kappa shape index (κ1) is 23.3. The first-order valence-corrected chi connectivity index (χ1v) is 12.2. The van der Waals surface area contributed by atoms with Gasteiger partial charge in [0.2, 0.25) is 5.91 Å². The maximum absolute atomic E-state index is 13.0. The van der Waals surface area contributed by atoms with Crippen molar-refractivity contribution in [1.82, 2.24) is 5.32 Å². The lowest BCUT2D eigenvalue weighted by Gasteiger charge is -2.15. The van der Waals surface area contributed by atoms with Gasteiger partial charge in [-0.05, 0) is 84.3 Å². The van der Waals surface area contributed by atoms with Gasteiger partial charge < -0.3 is 20.1 Å². The third-order valence-corrected chi connectivity index (χ3v) is 6.61. The summed E-state index contributed by atoms with van der Waals surface area (Å²) in [6.45, 7) is 2.35. The van der Waals surface area contributed by atoms with Crippen LogP contribution in [-0.4, -0.2) is 33.2 Å². The van der Waals surface area contributed by atoms with Gasteiger partial charge in [-0.3, -0.25) is 9.52 Å². The summed E-state index contributed by atoms with van der Waals surface area (Å²) in [5.74, 6) is 0.637. The summed E-state index contributed by atoms with van der Waals surface area (Å²) in [5, 5.41) is 5.55. The van der Waals surface area contributed by atoms with Gasteiger partial charge >= 0.3 is 0 Å². The first-order valence-electron chi connectivity index (χ1n) is 9.48. The van der Waals surface area contributed by atoms with Gasteiger partial charge in [0.1, 0.15) is 16.4 Å². The van der Waals surface area contributed by atoms with Crippen molar-refractivity contribution in [3.05, 3.63) is 40.9 Å². The maximum Gasteiger partial charge on any atom is 0.265 e. The second-order valence-corrected chi connectivity index (χ2v) is 9.68. The number of anilines is 2. The number of benzene rings is 2. The van der Waals surface area contributed by atoms with Crippen LogP contribution < -0.4 is 24.8 Å². The Balaban J connectivity index is 1.80. The Labute approximate surface area is 194 Å². The monoisotopic (exact) mass is 527 g/mol. The smallest absolute Gasteiger partial charge is 0.265 e. The molecule has 0 aromatic heterocycles. The SMILES string of the molecule is CCOc1ccc(NS(=O)(=O)c2cc(NC(=S)NC(=O)C3CC3)ccc2OC)cc1Br. The number of nitrogens with one attached hydrogen (secondary N) is 3. The van der Waals surface area contributed by atoms with Gasteiger partial charge in [0.25, 0.3) is 10.0 Å². The average Bonchev–Trinajstić information content (AvgIpc) is 3.55. The molecule has 1 aliphatic carbocycles. The van der Waals surface area contributed by atoms with Gasteiger partial charge in [0, 0.05) is 11.6 Å². The average molecular weight is 528 g/mol. The number of ether oxygens (including phenoxy) is 2. The summed E-state index contributed by atoms with van der Waals surface area (Å²) in [7, 11) is -2.61. The van der Waals surface area contributed by atoms with Crippen LogP contribution in [0.2, 0.25) is 0 Å². The lowest BCUT2D eigenvalue weighted by atomic mass is 10.3. The first-order chi connectivity index (χ1) is 14.7. The van der Waals surface area contributed by atoms with Crippen LogP contribution >= 0.6 is 28.1 Å². The predicted octanol–water partition coefficient (Wildman–Crippen LogP) is 3.88. The highest BCUT2D eigenvalue weighted by atomic mass is 79.9. The minimum atomic E-state index is -3.99. The molecule has 1 amide bonds. The van der Waals surface area contributed by atoms with E-state index >= 15 is 0 Å². The molecule has 11 heteroatoms. The van der Waals surface area contributed by atoms with E-state index in [0.29, 0.717) is 28.2 Å². The van der Waals surface area contributed by atoms with Crippen LogP contribution in [0.25, 0.3) is 0 Å². The number of carbonyl (C=O) groups is 1. The van der Waals surface area contributed by atoms with Crippen LogP contribution in [0.4, 0.5) is 11.4 Å². The van der Waals surface area contributed by atoms with Crippen molar-refractivity contribution >= 4 is 60.6 Å². The van der Waals surface area contributed by atoms with E-state index in [2.05, 4.69) is 31.3 Å². The van der Waals surface area contributed by atoms with E-state index in [0.717, 1.165) is 12.8 Å². The molecule has 3 N–H and O–H groups in total. The lowest BCUT2D eigenvalue weighted by Crippen LogP contribution is -2.35. The van der Waals surface area contributed by atoms with E-state index in [-0.39, 0.29) is 27.6 Å². The molecular weight excluding hydrogens is 506 g/mol. The van der Waals surface area contributed by atoms with Gasteiger partial charge in [0.05, 0.1) is 23.9 Å². The Morgan fingerprint density at radius 2 is 1.84 bits per heavy atom. The Kier molecular flexibility index (Phi) is 7.39. The van der Waals surface area contributed by atoms with Gasteiger partial charge in [0.15, 0.2) is 5.11 Å². The van der Waals surface area contributed by atoms with E-state index < -0.39 is 10.0 Å². The molecule has 2 aromatic carbocycles. The highest BCUT2D eigenvalue weighted by Crippen LogP contribution is 2.32. The van der Waals surface area contributed by atoms with Crippen molar-refractivity contribution < 1.29 is 22.7 Å². The second kappa shape index (κ2) is 9.84. The molecule has 31 heavy (non-hydrogen) atoms. The molecule has 8 nitrogen and oxygen atoms in total. The predicted molar refractivity (Wildman–Crippen MR) is 126 cm³/mol. The fourth-order valence-corrected chi connectivity index (χ4v) is 4.69. The van der Waals surface area contributed by atoms with Crippen molar-refractivity contribution in [2.24, 2.45) is 5.92 Å². The van der Waals surface area contributed by atoms with Crippen LogP contribution in [0.15, 0.2) is 45.8 Å². The molecule has 0 heterocycles. The Morgan fingerprint density at radius 3 is 2.45 bits per heavy atom. The number of hydrogen-bond donors (Lipinski definition) is 3. The Hall–Kier alpha value is -2.37. The van der Waals surface area contributed by atoms with Gasteiger partial charge in [-0.2, -0.15) is 0 Å². The number of halogens is 1. The minimum absolute atomic E-state index is 0.00388. The molecule has 0 spiro atoms. The zero-order valence-corrected chi connectivity index (χ0v) is 20.1. The standard InChI is InChI=1S/C20H22BrN3O5S2/c1-3-29-16-8-7-14(10-15(16)21)24-31(26,27)18-11-13(6-9-17(18)28-2)22-20(30)23-19(25)12-4-5-12/h6-12,24H,3-5H2,1-2H3,(H2,22,23,25,30). The summed E-state index contributed by atoms with van der Waals surface area (Å²) in [5.41, 5.74) is 0.748. The van der Waals surface area contributed by atoms with Crippen LogP contribution in [0, 0.1) is 5.92 Å². The number of sulfonamides is 1. The lowest BCUT2D eigenvalue weighted by molar-refractivity contribution is -0.120. The zero-order valence-electron chi connectivity index (χ0n) is 16.9. The quantitative estimate of drug-likeness (QED) is 0.447. The Morgan fingerprint density at radius 1 is 1.16 bits per heavy atom. The number of amides is 1. The molecule has 0 radical (unpaired) electrons. The summed E-state index contributed by atoms with van der Waals surface area (Å²) in [6.07, 6.45) is 1.71. The second-order valence-electron chi connectivity index (χ2n) is 6.77. The van der Waals surface area contributed by atoms with Gasteiger partial charge in [-0.15, -0.1) is 0 Å². The minimum Gasteiger partial charge on any atom is -0.495 e. The summed E-state index contributed by atoms with van der Waals surface area (Å²) in [4.78, 5) is 11.8. The zero-order chi connectivity index (χ0) is 22.6. The largest absolute Gasteiger partial charge is 0.495 e. The number of methoxy groups -OCH3 is 1. The van der Waals surface area contributed by atoms with Crippen molar-refractivity contribution in [1.29, 1.82) is 0 Å². The summed E-state index contributed by atoms with van der Waals surface area (Å²) in [6, 6.07) is 9.39. The molecule has 3 rings (SSSR count). The van der Waals surface area contributed by atoms with E-state index in [9.17, 15) is 13.2 Å². The molecule has 1 fully saturated rings. The Bertz CT molecular complexity index is 1100. The number of carbonyl (C=O) groups excluding carboxylic acids is 1. The van der Waals surface area contributed by atoms with Crippen molar-refractivity contribution in [2.45, 2.75) is 24.7 Å². The fourth-order valence-electron chi connectivity index (χ4n) is 2.73. The van der Waals surface area contributed by atoms with Crippen LogP contribution in [-0.2, 0) is 14.8 Å². The van der Waals surface area contributed by atoms with Crippen molar-refractivity contribution in [2.75, 3.05) is 23.8 Å². The number of thiocarbonyl (C=S) groups is 1. The molecule has 0 aliphatic heterocycles. The summed E-state index contributed by atoms with van der Waals surface area (Å²) < 4.78 is 39.9. The van der Waals surface area contributed by atoms with Gasteiger partial charge in [-0.25, -0.2) is 8.42 Å². The highest BCUT2D eigenvalue weighted by molar-refractivity contribution is 9.10. The summed E-state index contributed by atoms with van der Waals surface area (Å²) >= 11 is 8.52. The third-order valence-electron chi connectivity index (χ3n) is 4.38. The molecule has 2 aromatic rings. The topological polar surface area (TPSA) is 106 Å². The normalized spacial score (nSPS) is 13.3. The number of hydrogen-bond acceptors (Lipinski definition) is 6. The molecule has 0 saturated heterocycles. The highest BCUT2D eigenvalue weighted by Gasteiger charge is 2.30. The van der Waals surface area contributed by atoms with Crippen LogP contribution in [0.5, 0.6) is 11.5 Å². The van der Waals surface area contributed by atoms with E-state index in [1.165, 1.54) is 19.2 Å². The van der Waals surface area contributed by atoms with E-state index in [1.807, 2.05) is 6.92 Å². The van der Waals surface area contributed by atoms with E-state index in [4.69, 9.17) is 21.7 Å². The molecule has 0 unspecified atom stereocenters. The fraction of sp³-hybridized carbons (Fsp3) is 0.300. The molecular formula is C20H22BrN3O5S2. The molecule has 0 bridgehead atoms. The third kappa shape index (κ3) is 6.08. The molecule has 1 aliphatic rings. The van der Waals surface area contributed by atoms with Crippen molar-refractivity contribution in [3.8, 4) is 11.5 Å². The van der Waals surface area contributed by atoms with Crippen molar-refractivity contribution in [3.63, 3.8) is 0 Å². The van der Waals surface area contributed by atoms with Crippen LogP contribution in [0.3, 0.4) is 0 Å². The molecule has 166 valence electrons. The molecule has 0 atom stereocenters. The van der Waals surface area contributed by atoms with E-state index in [1.54, 1.807) is 24.3 Å². The molecule has 1 saturated carbocycles.